The van der Waals surface area contributed by atoms with E-state index in [0.717, 1.165) is 42.1 Å². The van der Waals surface area contributed by atoms with Crippen molar-refractivity contribution < 1.29 is 14.2 Å². The Morgan fingerprint density at radius 1 is 0.392 bits per heavy atom. The standard InChI is InChI=1S/C47H86O3Si/c1-7-10-13-16-19-22-25-28-31-34-38-48-45-42-44(37-41-51(4,5)6)43-46(49-39-35-32-29-26-23-20-17-14-11-8-2)47(45)50-40-36-33-30-27-24-21-18-15-12-9-3/h42-43H,7-36,38-40H2,1-6H3. The van der Waals surface area contributed by atoms with Crippen LogP contribution in [0.5, 0.6) is 17.2 Å². The number of hydrogen-bond donors (Lipinski definition) is 0. The van der Waals surface area contributed by atoms with Crippen LogP contribution in [0.4, 0.5) is 0 Å². The zero-order valence-corrected chi connectivity index (χ0v) is 36.2. The predicted molar refractivity (Wildman–Crippen MR) is 229 cm³/mol. The van der Waals surface area contributed by atoms with E-state index in [9.17, 15) is 0 Å². The lowest BCUT2D eigenvalue weighted by molar-refractivity contribution is 0.234. The Morgan fingerprint density at radius 3 is 0.961 bits per heavy atom. The van der Waals surface area contributed by atoms with E-state index in [4.69, 9.17) is 14.2 Å². The van der Waals surface area contributed by atoms with Crippen molar-refractivity contribution >= 4 is 8.07 Å². The van der Waals surface area contributed by atoms with Crippen molar-refractivity contribution in [3.63, 3.8) is 0 Å². The summed E-state index contributed by atoms with van der Waals surface area (Å²) in [7, 11) is -1.53. The summed E-state index contributed by atoms with van der Waals surface area (Å²) >= 11 is 0. The molecule has 0 N–H and O–H groups in total. The van der Waals surface area contributed by atoms with Gasteiger partial charge in [-0.05, 0) is 31.4 Å². The smallest absolute Gasteiger partial charge is 0.203 e. The molecule has 1 aromatic rings. The van der Waals surface area contributed by atoms with Crippen LogP contribution in [-0.4, -0.2) is 27.9 Å². The minimum absolute atomic E-state index is 0.708. The van der Waals surface area contributed by atoms with Gasteiger partial charge in [-0.2, -0.15) is 0 Å². The van der Waals surface area contributed by atoms with Crippen LogP contribution in [0.2, 0.25) is 19.6 Å². The Bertz CT molecular complexity index is 925. The highest BCUT2D eigenvalue weighted by Crippen LogP contribution is 2.39. The third-order valence-electron chi connectivity index (χ3n) is 9.86. The van der Waals surface area contributed by atoms with Crippen molar-refractivity contribution in [1.29, 1.82) is 0 Å². The van der Waals surface area contributed by atoms with Gasteiger partial charge in [-0.15, -0.1) is 5.54 Å². The van der Waals surface area contributed by atoms with Crippen LogP contribution in [0.3, 0.4) is 0 Å². The normalized spacial score (nSPS) is 11.4. The topological polar surface area (TPSA) is 27.7 Å². The Hall–Kier alpha value is -1.60. The van der Waals surface area contributed by atoms with Crippen LogP contribution in [0, 0.1) is 11.5 Å². The highest BCUT2D eigenvalue weighted by molar-refractivity contribution is 6.83. The highest BCUT2D eigenvalue weighted by atomic mass is 28.3. The first kappa shape index (κ1) is 47.4. The largest absolute Gasteiger partial charge is 0.490 e. The van der Waals surface area contributed by atoms with Gasteiger partial charge in [0, 0.05) is 5.56 Å². The molecule has 0 aliphatic carbocycles. The number of hydrogen-bond acceptors (Lipinski definition) is 3. The van der Waals surface area contributed by atoms with Gasteiger partial charge in [0.25, 0.3) is 0 Å². The maximum absolute atomic E-state index is 6.55. The van der Waals surface area contributed by atoms with E-state index in [1.807, 2.05) is 0 Å². The van der Waals surface area contributed by atoms with Crippen LogP contribution in [-0.2, 0) is 0 Å². The highest BCUT2D eigenvalue weighted by Gasteiger charge is 2.16. The molecule has 0 aromatic heterocycles. The van der Waals surface area contributed by atoms with E-state index >= 15 is 0 Å². The molecule has 0 atom stereocenters. The van der Waals surface area contributed by atoms with Gasteiger partial charge < -0.3 is 14.2 Å². The molecule has 0 aliphatic heterocycles. The second-order valence-electron chi connectivity index (χ2n) is 16.4. The van der Waals surface area contributed by atoms with Gasteiger partial charge >= 0.3 is 0 Å². The van der Waals surface area contributed by atoms with E-state index in [1.54, 1.807) is 0 Å². The molecular weight excluding hydrogens is 641 g/mol. The summed E-state index contributed by atoms with van der Waals surface area (Å²) in [5, 5.41) is 0. The fourth-order valence-corrected chi connectivity index (χ4v) is 7.09. The minimum atomic E-state index is -1.53. The minimum Gasteiger partial charge on any atom is -0.490 e. The SMILES string of the molecule is CCCCCCCCCCCCOc1cc(C#C[Si](C)(C)C)cc(OCCCCCCCCCCCC)c1OCCCCCCCCCCCC. The fourth-order valence-electron chi connectivity index (χ4n) is 6.57. The summed E-state index contributed by atoms with van der Waals surface area (Å²) in [6.45, 7) is 15.9. The molecule has 296 valence electrons. The van der Waals surface area contributed by atoms with Gasteiger partial charge in [0.2, 0.25) is 5.75 Å². The molecule has 0 saturated heterocycles. The van der Waals surface area contributed by atoms with Crippen molar-refractivity contribution in [2.45, 2.75) is 233 Å². The van der Waals surface area contributed by atoms with Crippen molar-refractivity contribution in [2.24, 2.45) is 0 Å². The lowest BCUT2D eigenvalue weighted by Crippen LogP contribution is -2.16. The van der Waals surface area contributed by atoms with Crippen molar-refractivity contribution in [3.05, 3.63) is 17.7 Å². The zero-order chi connectivity index (χ0) is 37.1. The van der Waals surface area contributed by atoms with E-state index < -0.39 is 8.07 Å². The molecule has 0 saturated carbocycles. The molecule has 1 aromatic carbocycles. The second-order valence-corrected chi connectivity index (χ2v) is 21.1. The summed E-state index contributed by atoms with van der Waals surface area (Å²) in [6, 6.07) is 4.23. The van der Waals surface area contributed by atoms with Crippen LogP contribution in [0.15, 0.2) is 12.1 Å². The Kier molecular flexibility index (Phi) is 31.8. The molecule has 0 spiro atoms. The third kappa shape index (κ3) is 29.5. The molecular formula is C47H86O3Si. The first-order valence-corrected chi connectivity index (χ1v) is 26.0. The van der Waals surface area contributed by atoms with Crippen LogP contribution in [0.25, 0.3) is 0 Å². The van der Waals surface area contributed by atoms with Crippen LogP contribution >= 0.6 is 0 Å². The summed E-state index contributed by atoms with van der Waals surface area (Å²) in [5.74, 6) is 5.92. The van der Waals surface area contributed by atoms with E-state index in [2.05, 4.69) is 64.0 Å². The van der Waals surface area contributed by atoms with Gasteiger partial charge in [0.15, 0.2) is 11.5 Å². The number of ether oxygens (including phenoxy) is 3. The summed E-state index contributed by atoms with van der Waals surface area (Å²) in [6.07, 6.45) is 39.7. The lowest BCUT2D eigenvalue weighted by atomic mass is 10.1. The van der Waals surface area contributed by atoms with E-state index in [1.165, 1.54) is 173 Å². The molecule has 0 heterocycles. The summed E-state index contributed by atoms with van der Waals surface area (Å²) in [5.41, 5.74) is 4.55. The molecule has 0 aliphatic rings. The first-order valence-electron chi connectivity index (χ1n) is 22.5. The van der Waals surface area contributed by atoms with Gasteiger partial charge in [-0.3, -0.25) is 0 Å². The Balaban J connectivity index is 2.78. The average Bonchev–Trinajstić information content (AvgIpc) is 3.11. The Labute approximate surface area is 320 Å². The molecule has 0 amide bonds. The average molecular weight is 727 g/mol. The molecule has 0 bridgehead atoms. The first-order chi connectivity index (χ1) is 24.9. The molecule has 4 heteroatoms. The van der Waals surface area contributed by atoms with Gasteiger partial charge in [-0.25, -0.2) is 0 Å². The Morgan fingerprint density at radius 2 is 0.667 bits per heavy atom. The maximum atomic E-state index is 6.55. The number of unbranched alkanes of at least 4 members (excludes halogenated alkanes) is 27. The molecule has 3 nitrogen and oxygen atoms in total. The van der Waals surface area contributed by atoms with Gasteiger partial charge in [0.05, 0.1) is 19.8 Å². The molecule has 0 radical (unpaired) electrons. The van der Waals surface area contributed by atoms with Crippen molar-refractivity contribution in [3.8, 4) is 28.7 Å². The second kappa shape index (κ2) is 34.2. The molecule has 0 unspecified atom stereocenters. The third-order valence-corrected chi connectivity index (χ3v) is 10.7. The van der Waals surface area contributed by atoms with E-state index in [-0.39, 0.29) is 0 Å². The fraction of sp³-hybridized carbons (Fsp3) is 0.830. The molecule has 51 heavy (non-hydrogen) atoms. The monoisotopic (exact) mass is 727 g/mol. The summed E-state index contributed by atoms with van der Waals surface area (Å²) < 4.78 is 19.6. The predicted octanol–water partition coefficient (Wildman–Crippen LogP) is 15.8. The van der Waals surface area contributed by atoms with Crippen LogP contribution < -0.4 is 14.2 Å². The molecule has 0 fully saturated rings. The summed E-state index contributed by atoms with van der Waals surface area (Å²) in [4.78, 5) is 0. The van der Waals surface area contributed by atoms with Gasteiger partial charge in [0.1, 0.15) is 8.07 Å². The van der Waals surface area contributed by atoms with Crippen molar-refractivity contribution in [2.75, 3.05) is 19.8 Å². The quantitative estimate of drug-likeness (QED) is 0.0391. The zero-order valence-electron chi connectivity index (χ0n) is 35.2. The van der Waals surface area contributed by atoms with Crippen molar-refractivity contribution in [1.82, 2.24) is 0 Å². The number of rotatable bonds is 36. The van der Waals surface area contributed by atoms with E-state index in [0.29, 0.717) is 19.8 Å². The maximum Gasteiger partial charge on any atom is 0.203 e. The van der Waals surface area contributed by atoms with Crippen LogP contribution in [0.1, 0.15) is 219 Å². The number of benzene rings is 1. The van der Waals surface area contributed by atoms with Gasteiger partial charge in [-0.1, -0.05) is 220 Å². The molecule has 1 rings (SSSR count). The lowest BCUT2D eigenvalue weighted by Gasteiger charge is -2.18.